The van der Waals surface area contributed by atoms with Gasteiger partial charge in [-0.1, -0.05) is 0 Å². The van der Waals surface area contributed by atoms with E-state index in [4.69, 9.17) is 4.42 Å². The van der Waals surface area contributed by atoms with Gasteiger partial charge in [-0.25, -0.2) is 0 Å². The Kier molecular flexibility index (Phi) is 2.18. The molecule has 0 spiro atoms. The monoisotopic (exact) mass is 190 g/mol. The van der Waals surface area contributed by atoms with Crippen LogP contribution in [0.2, 0.25) is 0 Å². The van der Waals surface area contributed by atoms with Gasteiger partial charge in [0.05, 0.1) is 11.8 Å². The van der Waals surface area contributed by atoms with E-state index in [-0.39, 0.29) is 5.78 Å². The van der Waals surface area contributed by atoms with Gasteiger partial charge in [-0.05, 0) is 19.1 Å². The van der Waals surface area contributed by atoms with E-state index >= 15 is 0 Å². The number of carbonyl (C=O) groups is 1. The average molecular weight is 190 g/mol. The smallest absolute Gasteiger partial charge is 0.214 e. The first kappa shape index (κ1) is 8.74. The molecule has 0 fully saturated rings. The molecular formula is C10H10N2O2. The Morgan fingerprint density at radius 2 is 2.43 bits per heavy atom. The van der Waals surface area contributed by atoms with E-state index in [2.05, 4.69) is 5.10 Å². The summed E-state index contributed by atoms with van der Waals surface area (Å²) in [7, 11) is 0. The predicted molar refractivity (Wildman–Crippen MR) is 50.0 cm³/mol. The summed E-state index contributed by atoms with van der Waals surface area (Å²) in [4.78, 5) is 11.8. The topological polar surface area (TPSA) is 48.0 Å². The van der Waals surface area contributed by atoms with E-state index in [1.165, 1.54) is 12.5 Å². The molecule has 0 radical (unpaired) electrons. The van der Waals surface area contributed by atoms with Crippen molar-refractivity contribution in [2.45, 2.75) is 13.5 Å². The van der Waals surface area contributed by atoms with Crippen LogP contribution in [0.15, 0.2) is 35.3 Å². The van der Waals surface area contributed by atoms with Crippen molar-refractivity contribution in [2.75, 3.05) is 0 Å². The second-order valence-electron chi connectivity index (χ2n) is 2.87. The van der Waals surface area contributed by atoms with E-state index in [1.54, 1.807) is 23.0 Å². The largest absolute Gasteiger partial charge is 0.472 e. The SMILES string of the molecule is CCn1nccc1C(=O)c1ccoc1. The molecule has 2 aromatic heterocycles. The molecule has 0 bridgehead atoms. The summed E-state index contributed by atoms with van der Waals surface area (Å²) in [6, 6.07) is 3.36. The Balaban J connectivity index is 2.36. The zero-order valence-corrected chi connectivity index (χ0v) is 7.80. The number of carbonyl (C=O) groups excluding carboxylic acids is 1. The van der Waals surface area contributed by atoms with Gasteiger partial charge in [-0.2, -0.15) is 5.10 Å². The van der Waals surface area contributed by atoms with Crippen molar-refractivity contribution in [1.82, 2.24) is 9.78 Å². The molecule has 0 aliphatic rings. The van der Waals surface area contributed by atoms with Crippen molar-refractivity contribution in [3.05, 3.63) is 42.1 Å². The molecule has 0 N–H and O–H groups in total. The number of aromatic nitrogens is 2. The quantitative estimate of drug-likeness (QED) is 0.692. The van der Waals surface area contributed by atoms with Crippen LogP contribution in [0.4, 0.5) is 0 Å². The molecule has 0 unspecified atom stereocenters. The maximum atomic E-state index is 11.8. The van der Waals surface area contributed by atoms with Crippen molar-refractivity contribution in [3.8, 4) is 0 Å². The Hall–Kier alpha value is -1.84. The second kappa shape index (κ2) is 3.49. The highest BCUT2D eigenvalue weighted by Crippen LogP contribution is 2.09. The number of hydrogen-bond donors (Lipinski definition) is 0. The number of rotatable bonds is 3. The molecule has 0 aliphatic heterocycles. The van der Waals surface area contributed by atoms with Gasteiger partial charge in [-0.15, -0.1) is 0 Å². The normalized spacial score (nSPS) is 10.4. The van der Waals surface area contributed by atoms with Crippen molar-refractivity contribution < 1.29 is 9.21 Å². The highest BCUT2D eigenvalue weighted by atomic mass is 16.3. The van der Waals surface area contributed by atoms with Crippen LogP contribution in [-0.2, 0) is 6.54 Å². The van der Waals surface area contributed by atoms with Crippen LogP contribution in [0.3, 0.4) is 0 Å². The molecular weight excluding hydrogens is 180 g/mol. The lowest BCUT2D eigenvalue weighted by Crippen LogP contribution is -2.09. The molecule has 2 heterocycles. The predicted octanol–water partition coefficient (Wildman–Crippen LogP) is 1.73. The molecule has 2 rings (SSSR count). The molecule has 72 valence electrons. The first-order valence-corrected chi connectivity index (χ1v) is 4.41. The van der Waals surface area contributed by atoms with Crippen LogP contribution in [0, 0.1) is 0 Å². The van der Waals surface area contributed by atoms with Gasteiger partial charge >= 0.3 is 0 Å². The lowest BCUT2D eigenvalue weighted by molar-refractivity contribution is 0.102. The van der Waals surface area contributed by atoms with Crippen molar-refractivity contribution in [3.63, 3.8) is 0 Å². The summed E-state index contributed by atoms with van der Waals surface area (Å²) in [5.41, 5.74) is 1.15. The van der Waals surface area contributed by atoms with Gasteiger partial charge in [0.2, 0.25) is 5.78 Å². The molecule has 0 saturated carbocycles. The minimum atomic E-state index is -0.0573. The highest BCUT2D eigenvalue weighted by molar-refractivity contribution is 6.07. The van der Waals surface area contributed by atoms with Crippen molar-refractivity contribution in [2.24, 2.45) is 0 Å². The van der Waals surface area contributed by atoms with Crippen molar-refractivity contribution in [1.29, 1.82) is 0 Å². The van der Waals surface area contributed by atoms with E-state index in [1.807, 2.05) is 6.92 Å². The standard InChI is InChI=1S/C10H10N2O2/c1-2-12-9(3-5-11-12)10(13)8-4-6-14-7-8/h3-7H,2H2,1H3. The Morgan fingerprint density at radius 1 is 1.57 bits per heavy atom. The summed E-state index contributed by atoms with van der Waals surface area (Å²) in [6.45, 7) is 2.63. The number of aryl methyl sites for hydroxylation is 1. The molecule has 14 heavy (non-hydrogen) atoms. The summed E-state index contributed by atoms with van der Waals surface area (Å²) in [6.07, 6.45) is 4.55. The minimum Gasteiger partial charge on any atom is -0.472 e. The third-order valence-electron chi connectivity index (χ3n) is 2.03. The molecule has 0 atom stereocenters. The zero-order chi connectivity index (χ0) is 9.97. The zero-order valence-electron chi connectivity index (χ0n) is 7.80. The second-order valence-corrected chi connectivity index (χ2v) is 2.87. The molecule has 0 aromatic carbocycles. The number of hydrogen-bond acceptors (Lipinski definition) is 3. The van der Waals surface area contributed by atoms with Crippen LogP contribution in [0.1, 0.15) is 23.0 Å². The first-order chi connectivity index (χ1) is 6.83. The number of ketones is 1. The van der Waals surface area contributed by atoms with Gasteiger partial charge in [-0.3, -0.25) is 9.48 Å². The fraction of sp³-hybridized carbons (Fsp3) is 0.200. The van der Waals surface area contributed by atoms with Gasteiger partial charge in [0, 0.05) is 12.7 Å². The van der Waals surface area contributed by atoms with E-state index < -0.39 is 0 Å². The lowest BCUT2D eigenvalue weighted by atomic mass is 10.1. The summed E-state index contributed by atoms with van der Waals surface area (Å²) in [5.74, 6) is -0.0573. The van der Waals surface area contributed by atoms with Crippen LogP contribution < -0.4 is 0 Å². The van der Waals surface area contributed by atoms with Gasteiger partial charge in [0.25, 0.3) is 0 Å². The molecule has 0 saturated heterocycles. The summed E-state index contributed by atoms with van der Waals surface area (Å²) in [5, 5.41) is 4.03. The molecule has 4 nitrogen and oxygen atoms in total. The Labute approximate surface area is 81.1 Å². The van der Waals surface area contributed by atoms with E-state index in [0.29, 0.717) is 17.8 Å². The molecule has 0 aliphatic carbocycles. The fourth-order valence-electron chi connectivity index (χ4n) is 1.32. The van der Waals surface area contributed by atoms with Crippen LogP contribution >= 0.6 is 0 Å². The average Bonchev–Trinajstić information content (AvgIpc) is 2.87. The van der Waals surface area contributed by atoms with Crippen LogP contribution in [-0.4, -0.2) is 15.6 Å². The minimum absolute atomic E-state index is 0.0573. The molecule has 4 heteroatoms. The Morgan fingerprint density at radius 3 is 3.07 bits per heavy atom. The lowest BCUT2D eigenvalue weighted by Gasteiger charge is -2.00. The van der Waals surface area contributed by atoms with Crippen molar-refractivity contribution >= 4 is 5.78 Å². The fourth-order valence-corrected chi connectivity index (χ4v) is 1.32. The third-order valence-corrected chi connectivity index (χ3v) is 2.03. The van der Waals surface area contributed by atoms with E-state index in [9.17, 15) is 4.79 Å². The maximum absolute atomic E-state index is 11.8. The van der Waals surface area contributed by atoms with Crippen LogP contribution in [0.5, 0.6) is 0 Å². The third kappa shape index (κ3) is 1.35. The first-order valence-electron chi connectivity index (χ1n) is 4.41. The Bertz CT molecular complexity index is 429. The maximum Gasteiger partial charge on any atom is 0.214 e. The van der Waals surface area contributed by atoms with E-state index in [0.717, 1.165) is 0 Å². The number of nitrogens with zero attached hydrogens (tertiary/aromatic N) is 2. The summed E-state index contributed by atoms with van der Waals surface area (Å²) >= 11 is 0. The number of furan rings is 1. The van der Waals surface area contributed by atoms with Gasteiger partial charge < -0.3 is 4.42 Å². The van der Waals surface area contributed by atoms with Gasteiger partial charge in [0.15, 0.2) is 0 Å². The van der Waals surface area contributed by atoms with Gasteiger partial charge in [0.1, 0.15) is 12.0 Å². The highest BCUT2D eigenvalue weighted by Gasteiger charge is 2.14. The molecule has 0 amide bonds. The summed E-state index contributed by atoms with van der Waals surface area (Å²) < 4.78 is 6.52. The molecule has 2 aromatic rings. The van der Waals surface area contributed by atoms with Crippen LogP contribution in [0.25, 0.3) is 0 Å².